The summed E-state index contributed by atoms with van der Waals surface area (Å²) in [5.74, 6) is -4.38. The van der Waals surface area contributed by atoms with Crippen LogP contribution in [0.5, 0.6) is 11.5 Å². The van der Waals surface area contributed by atoms with Crippen LogP contribution in [0.25, 0.3) is 0 Å². The van der Waals surface area contributed by atoms with Crippen LogP contribution in [-0.4, -0.2) is 74.1 Å². The zero-order valence-corrected chi connectivity index (χ0v) is 20.2. The normalized spacial score (nSPS) is 30.9. The minimum absolute atomic E-state index is 0.0173. The second-order valence-corrected chi connectivity index (χ2v) is 9.98. The maximum atomic E-state index is 13.4. The number of hydrogen-bond donors (Lipinski definition) is 5. The number of phenolic OH excluding ortho intramolecular Hbond substituents is 2. The molecule has 37 heavy (non-hydrogen) atoms. The average molecular weight is 513 g/mol. The van der Waals surface area contributed by atoms with E-state index < -0.39 is 78.0 Å². The zero-order valence-electron chi connectivity index (χ0n) is 20.2. The lowest BCUT2D eigenvalue weighted by Crippen LogP contribution is -2.53. The van der Waals surface area contributed by atoms with Crippen molar-refractivity contribution >= 4 is 17.3 Å². The van der Waals surface area contributed by atoms with Crippen molar-refractivity contribution in [3.05, 3.63) is 57.6 Å². The highest BCUT2D eigenvalue weighted by atomic mass is 16.7. The van der Waals surface area contributed by atoms with Crippen molar-refractivity contribution in [2.45, 2.75) is 57.4 Å². The standard InChI is InChI=1S/C27H28O10/c1-10-21(30)22(31)11(2)36-27(10)37-17-8-12(16(29)9-28)7-15-18(17)26(35)20-19(25(15)34)23(32)13-5-3-4-6-14(13)24(20)33/h3-6,10-12,17,21-22,27-28,30-31,34-35H,7-9H2,1-2H3/t10-,11?,12?,17+,21?,22+,27+/m1/s1. The lowest BCUT2D eigenvalue weighted by atomic mass is 9.74. The van der Waals surface area contributed by atoms with Gasteiger partial charge in [-0.15, -0.1) is 0 Å². The van der Waals surface area contributed by atoms with Gasteiger partial charge in [0.15, 0.2) is 23.6 Å². The molecule has 5 N–H and O–H groups in total. The molecule has 2 aromatic rings. The summed E-state index contributed by atoms with van der Waals surface area (Å²) in [7, 11) is 0. The van der Waals surface area contributed by atoms with E-state index in [9.17, 15) is 39.9 Å². The monoisotopic (exact) mass is 512 g/mol. The number of carbonyl (C=O) groups is 3. The Balaban J connectivity index is 1.65. The van der Waals surface area contributed by atoms with Crippen LogP contribution in [0.2, 0.25) is 0 Å². The Morgan fingerprint density at radius 2 is 1.59 bits per heavy atom. The van der Waals surface area contributed by atoms with Crippen molar-refractivity contribution in [2.24, 2.45) is 11.8 Å². The van der Waals surface area contributed by atoms with Crippen LogP contribution in [0.4, 0.5) is 0 Å². The lowest BCUT2D eigenvalue weighted by molar-refractivity contribution is -0.288. The van der Waals surface area contributed by atoms with Crippen LogP contribution >= 0.6 is 0 Å². The predicted octanol–water partition coefficient (Wildman–Crippen LogP) is 1.16. The molecule has 0 spiro atoms. The largest absolute Gasteiger partial charge is 0.507 e. The van der Waals surface area contributed by atoms with Crippen molar-refractivity contribution in [3.8, 4) is 11.5 Å². The fourth-order valence-electron chi connectivity index (χ4n) is 5.62. The van der Waals surface area contributed by atoms with E-state index in [0.29, 0.717) is 0 Å². The summed E-state index contributed by atoms with van der Waals surface area (Å²) in [4.78, 5) is 39.2. The molecule has 10 nitrogen and oxygen atoms in total. The van der Waals surface area contributed by atoms with Gasteiger partial charge in [-0.2, -0.15) is 0 Å². The number of aromatic hydroxyl groups is 2. The number of ether oxygens (including phenoxy) is 2. The second kappa shape index (κ2) is 9.30. The first kappa shape index (κ1) is 25.5. The molecule has 1 aliphatic heterocycles. The molecule has 0 aromatic heterocycles. The highest BCUT2D eigenvalue weighted by Crippen LogP contribution is 2.51. The van der Waals surface area contributed by atoms with Gasteiger partial charge in [-0.05, 0) is 19.8 Å². The highest BCUT2D eigenvalue weighted by molar-refractivity contribution is 6.30. The molecule has 0 amide bonds. The molecule has 7 atom stereocenters. The lowest BCUT2D eigenvalue weighted by Gasteiger charge is -2.43. The number of rotatable bonds is 4. The minimum atomic E-state index is -1.17. The Labute approximate surface area is 212 Å². The SMILES string of the molecule is CC1O[C@@H](O[C@H]2CC(C(=O)CO)Cc3c(O)c4c(c(O)c32)C(=O)c2ccccc2C4=O)[C@H](C)C(O)[C@H]1O. The van der Waals surface area contributed by atoms with Gasteiger partial charge in [0.25, 0.3) is 0 Å². The molecule has 2 aromatic carbocycles. The van der Waals surface area contributed by atoms with Gasteiger partial charge in [-0.25, -0.2) is 0 Å². The first-order chi connectivity index (χ1) is 17.6. The Morgan fingerprint density at radius 1 is 1.00 bits per heavy atom. The van der Waals surface area contributed by atoms with Gasteiger partial charge < -0.3 is 35.0 Å². The van der Waals surface area contributed by atoms with Crippen LogP contribution in [0.1, 0.15) is 69.3 Å². The molecule has 10 heteroatoms. The molecule has 2 aliphatic carbocycles. The highest BCUT2D eigenvalue weighted by Gasteiger charge is 2.46. The number of fused-ring (bicyclic) bond motifs is 3. The number of benzene rings is 2. The van der Waals surface area contributed by atoms with E-state index in [0.717, 1.165) is 0 Å². The van der Waals surface area contributed by atoms with Gasteiger partial charge in [0, 0.05) is 34.1 Å². The summed E-state index contributed by atoms with van der Waals surface area (Å²) < 4.78 is 11.9. The second-order valence-electron chi connectivity index (χ2n) is 9.98. The zero-order chi connectivity index (χ0) is 26.8. The topological polar surface area (TPSA) is 171 Å². The number of Topliss-reactive ketones (excluding diaryl/α,β-unsaturated/α-hetero) is 1. The summed E-state index contributed by atoms with van der Waals surface area (Å²) in [6.45, 7) is 2.41. The number of aliphatic hydroxyl groups excluding tert-OH is 3. The molecule has 5 rings (SSSR count). The maximum Gasteiger partial charge on any atom is 0.198 e. The number of aliphatic hydroxyl groups is 3. The van der Waals surface area contributed by atoms with E-state index in [4.69, 9.17) is 9.47 Å². The molecular formula is C27H28O10. The van der Waals surface area contributed by atoms with E-state index >= 15 is 0 Å². The Kier molecular flexibility index (Phi) is 6.41. The van der Waals surface area contributed by atoms with Crippen molar-refractivity contribution in [1.29, 1.82) is 0 Å². The van der Waals surface area contributed by atoms with Gasteiger partial charge in [-0.1, -0.05) is 31.2 Å². The molecular weight excluding hydrogens is 484 g/mol. The number of phenols is 2. The van der Waals surface area contributed by atoms with E-state index in [1.165, 1.54) is 12.1 Å². The molecule has 1 heterocycles. The molecule has 196 valence electrons. The van der Waals surface area contributed by atoms with Crippen LogP contribution < -0.4 is 0 Å². The smallest absolute Gasteiger partial charge is 0.198 e. The fourth-order valence-corrected chi connectivity index (χ4v) is 5.62. The molecule has 1 fully saturated rings. The van der Waals surface area contributed by atoms with Gasteiger partial charge in [0.2, 0.25) is 0 Å². The summed E-state index contributed by atoms with van der Waals surface area (Å²) in [6.07, 6.45) is -5.37. The van der Waals surface area contributed by atoms with Crippen LogP contribution in [0.15, 0.2) is 24.3 Å². The van der Waals surface area contributed by atoms with Gasteiger partial charge in [0.1, 0.15) is 24.2 Å². The Bertz CT molecular complexity index is 1300. The first-order valence-electron chi connectivity index (χ1n) is 12.2. The van der Waals surface area contributed by atoms with Crippen molar-refractivity contribution in [1.82, 2.24) is 0 Å². The molecule has 0 radical (unpaired) electrons. The summed E-state index contributed by atoms with van der Waals surface area (Å²) in [5, 5.41) is 52.7. The van der Waals surface area contributed by atoms with Crippen molar-refractivity contribution < 1.29 is 49.4 Å². The summed E-state index contributed by atoms with van der Waals surface area (Å²) in [5.41, 5.74) is -0.398. The van der Waals surface area contributed by atoms with E-state index in [-0.39, 0.29) is 46.2 Å². The molecule has 3 aliphatic rings. The van der Waals surface area contributed by atoms with Gasteiger partial charge in [0.05, 0.1) is 29.4 Å². The Hall–Kier alpha value is -3.15. The maximum absolute atomic E-state index is 13.4. The fraction of sp³-hybridized carbons (Fsp3) is 0.444. The van der Waals surface area contributed by atoms with E-state index in [1.54, 1.807) is 26.0 Å². The predicted molar refractivity (Wildman–Crippen MR) is 126 cm³/mol. The van der Waals surface area contributed by atoms with E-state index in [2.05, 4.69) is 0 Å². The number of hydrogen-bond acceptors (Lipinski definition) is 10. The third kappa shape index (κ3) is 3.87. The van der Waals surface area contributed by atoms with Crippen molar-refractivity contribution in [3.63, 3.8) is 0 Å². The van der Waals surface area contributed by atoms with Gasteiger partial charge in [-0.3, -0.25) is 14.4 Å². The average Bonchev–Trinajstić information content (AvgIpc) is 2.90. The number of ketones is 3. The van der Waals surface area contributed by atoms with Crippen LogP contribution in [0.3, 0.4) is 0 Å². The molecule has 0 saturated carbocycles. The molecule has 1 saturated heterocycles. The summed E-state index contributed by atoms with van der Waals surface area (Å²) in [6, 6.07) is 6.09. The third-order valence-corrected chi connectivity index (χ3v) is 7.79. The molecule has 0 bridgehead atoms. The molecule has 3 unspecified atom stereocenters. The first-order valence-corrected chi connectivity index (χ1v) is 12.2. The van der Waals surface area contributed by atoms with Gasteiger partial charge >= 0.3 is 0 Å². The van der Waals surface area contributed by atoms with Crippen molar-refractivity contribution in [2.75, 3.05) is 6.61 Å². The summed E-state index contributed by atoms with van der Waals surface area (Å²) >= 11 is 0. The third-order valence-electron chi connectivity index (χ3n) is 7.79. The number of carbonyl (C=O) groups excluding carboxylic acids is 3. The van der Waals surface area contributed by atoms with Crippen LogP contribution in [0, 0.1) is 11.8 Å². The van der Waals surface area contributed by atoms with Crippen LogP contribution in [-0.2, 0) is 20.7 Å². The quantitative estimate of drug-likeness (QED) is 0.320. The minimum Gasteiger partial charge on any atom is -0.507 e. The van der Waals surface area contributed by atoms with E-state index in [1.807, 2.05) is 0 Å². The Morgan fingerprint density at radius 3 is 2.19 bits per heavy atom.